The third-order valence-corrected chi connectivity index (χ3v) is 4.00. The second kappa shape index (κ2) is 5.96. The first-order valence-electron chi connectivity index (χ1n) is 6.73. The van der Waals surface area contributed by atoms with Gasteiger partial charge in [-0.3, -0.25) is 0 Å². The lowest BCUT2D eigenvalue weighted by atomic mass is 10.1. The fourth-order valence-electron chi connectivity index (χ4n) is 2.66. The predicted molar refractivity (Wildman–Crippen MR) is 86.1 cm³/mol. The van der Waals surface area contributed by atoms with Gasteiger partial charge >= 0.3 is 6.03 Å². The van der Waals surface area contributed by atoms with Crippen molar-refractivity contribution in [3.05, 3.63) is 63.6 Å². The molecular weight excluding hydrogens is 307 g/mol. The van der Waals surface area contributed by atoms with Gasteiger partial charge in [-0.2, -0.15) is 0 Å². The van der Waals surface area contributed by atoms with Crippen molar-refractivity contribution in [2.75, 3.05) is 5.32 Å². The van der Waals surface area contributed by atoms with E-state index >= 15 is 0 Å². The van der Waals surface area contributed by atoms with Crippen LogP contribution >= 0.6 is 23.2 Å². The second-order valence-electron chi connectivity index (χ2n) is 5.05. The van der Waals surface area contributed by atoms with Gasteiger partial charge in [0.15, 0.2) is 0 Å². The smallest absolute Gasteiger partial charge is 0.319 e. The monoisotopic (exact) mass is 320 g/mol. The Bertz CT molecular complexity index is 667. The van der Waals surface area contributed by atoms with E-state index in [1.165, 1.54) is 11.1 Å². The summed E-state index contributed by atoms with van der Waals surface area (Å²) in [4.78, 5) is 12.1. The number of halogens is 2. The van der Waals surface area contributed by atoms with Crippen molar-refractivity contribution in [1.82, 2.24) is 5.32 Å². The van der Waals surface area contributed by atoms with E-state index in [0.29, 0.717) is 15.7 Å². The lowest BCUT2D eigenvalue weighted by molar-refractivity contribution is 0.248. The van der Waals surface area contributed by atoms with Gasteiger partial charge in [0.05, 0.1) is 6.04 Å². The first kappa shape index (κ1) is 14.2. The minimum atomic E-state index is -0.255. The molecule has 2 N–H and O–H groups in total. The van der Waals surface area contributed by atoms with Crippen LogP contribution in [0.4, 0.5) is 10.5 Å². The minimum Gasteiger partial charge on any atom is -0.331 e. The van der Waals surface area contributed by atoms with Gasteiger partial charge in [0.1, 0.15) is 0 Å². The molecule has 5 heteroatoms. The summed E-state index contributed by atoms with van der Waals surface area (Å²) in [6.07, 6.45) is 1.91. The zero-order valence-corrected chi connectivity index (χ0v) is 12.7. The van der Waals surface area contributed by atoms with Gasteiger partial charge < -0.3 is 10.6 Å². The lowest BCUT2D eigenvalue weighted by Gasteiger charge is -2.15. The topological polar surface area (TPSA) is 41.1 Å². The van der Waals surface area contributed by atoms with Crippen LogP contribution in [0.2, 0.25) is 10.0 Å². The highest BCUT2D eigenvalue weighted by Gasteiger charge is 2.23. The fourth-order valence-corrected chi connectivity index (χ4v) is 3.18. The van der Waals surface area contributed by atoms with Gasteiger partial charge in [-0.25, -0.2) is 4.79 Å². The van der Waals surface area contributed by atoms with E-state index < -0.39 is 0 Å². The summed E-state index contributed by atoms with van der Waals surface area (Å²) in [5.41, 5.74) is 3.07. The van der Waals surface area contributed by atoms with E-state index in [4.69, 9.17) is 23.2 Å². The maximum absolute atomic E-state index is 12.1. The number of hydrogen-bond donors (Lipinski definition) is 2. The van der Waals surface area contributed by atoms with Gasteiger partial charge in [-0.1, -0.05) is 47.5 Å². The molecule has 0 saturated heterocycles. The molecular formula is C16H14Cl2N2O. The Kier molecular flexibility index (Phi) is 4.04. The number of rotatable bonds is 2. The zero-order valence-electron chi connectivity index (χ0n) is 11.2. The number of hydrogen-bond acceptors (Lipinski definition) is 1. The molecule has 0 heterocycles. The maximum Gasteiger partial charge on any atom is 0.319 e. The number of nitrogens with one attached hydrogen (secondary N) is 2. The molecule has 1 aliphatic rings. The first-order valence-corrected chi connectivity index (χ1v) is 7.49. The molecule has 1 unspecified atom stereocenters. The molecule has 0 fully saturated rings. The molecule has 0 bridgehead atoms. The molecule has 0 radical (unpaired) electrons. The van der Waals surface area contributed by atoms with E-state index in [2.05, 4.69) is 22.8 Å². The van der Waals surface area contributed by atoms with Gasteiger partial charge in [-0.05, 0) is 42.2 Å². The molecule has 1 atom stereocenters. The number of anilines is 1. The van der Waals surface area contributed by atoms with E-state index in [-0.39, 0.29) is 12.1 Å². The van der Waals surface area contributed by atoms with Crippen molar-refractivity contribution < 1.29 is 4.79 Å². The molecule has 0 aromatic heterocycles. The highest BCUT2D eigenvalue weighted by molar-refractivity contribution is 6.35. The van der Waals surface area contributed by atoms with Crippen LogP contribution in [0, 0.1) is 0 Å². The number of urea groups is 1. The van der Waals surface area contributed by atoms with E-state index in [1.54, 1.807) is 18.2 Å². The lowest BCUT2D eigenvalue weighted by Crippen LogP contribution is -2.31. The normalized spacial score (nSPS) is 16.4. The van der Waals surface area contributed by atoms with Crippen molar-refractivity contribution in [2.45, 2.75) is 18.9 Å². The Morgan fingerprint density at radius 3 is 2.57 bits per heavy atom. The fraction of sp³-hybridized carbons (Fsp3) is 0.188. The summed E-state index contributed by atoms with van der Waals surface area (Å²) in [5, 5.41) is 6.73. The van der Waals surface area contributed by atoms with Crippen LogP contribution in [0.1, 0.15) is 23.6 Å². The van der Waals surface area contributed by atoms with Crippen molar-refractivity contribution >= 4 is 34.9 Å². The summed E-state index contributed by atoms with van der Waals surface area (Å²) in [6.45, 7) is 0. The number of carbonyl (C=O) groups is 1. The zero-order chi connectivity index (χ0) is 14.8. The molecule has 0 aliphatic heterocycles. The van der Waals surface area contributed by atoms with Crippen molar-refractivity contribution in [3.63, 3.8) is 0 Å². The SMILES string of the molecule is O=C(Nc1cc(Cl)cc(Cl)c1)NC1CCc2ccccc21. The Morgan fingerprint density at radius 2 is 1.81 bits per heavy atom. The van der Waals surface area contributed by atoms with E-state index in [9.17, 15) is 4.79 Å². The van der Waals surface area contributed by atoms with Crippen LogP contribution in [-0.4, -0.2) is 6.03 Å². The second-order valence-corrected chi connectivity index (χ2v) is 5.92. The molecule has 108 valence electrons. The summed E-state index contributed by atoms with van der Waals surface area (Å²) in [7, 11) is 0. The van der Waals surface area contributed by atoms with Gasteiger partial charge in [-0.15, -0.1) is 0 Å². The number of fused-ring (bicyclic) bond motifs is 1. The Labute approximate surface area is 133 Å². The Morgan fingerprint density at radius 1 is 1.10 bits per heavy atom. The summed E-state index contributed by atoms with van der Waals surface area (Å²) >= 11 is 11.8. The Hall–Kier alpha value is -1.71. The van der Waals surface area contributed by atoms with Crippen LogP contribution < -0.4 is 10.6 Å². The number of aryl methyl sites for hydroxylation is 1. The van der Waals surface area contributed by atoms with Crippen molar-refractivity contribution in [3.8, 4) is 0 Å². The highest BCUT2D eigenvalue weighted by Crippen LogP contribution is 2.30. The van der Waals surface area contributed by atoms with Crippen molar-refractivity contribution in [1.29, 1.82) is 0 Å². The molecule has 1 aliphatic carbocycles. The third kappa shape index (κ3) is 3.31. The van der Waals surface area contributed by atoms with Crippen LogP contribution in [0.5, 0.6) is 0 Å². The van der Waals surface area contributed by atoms with Gasteiger partial charge in [0.2, 0.25) is 0 Å². The average molecular weight is 321 g/mol. The first-order chi connectivity index (χ1) is 10.1. The van der Waals surface area contributed by atoms with Crippen LogP contribution in [0.15, 0.2) is 42.5 Å². The standard InChI is InChI=1S/C16H14Cl2N2O/c17-11-7-12(18)9-13(8-11)19-16(21)20-15-6-5-10-3-1-2-4-14(10)15/h1-4,7-9,15H,5-6H2,(H2,19,20,21). The average Bonchev–Trinajstić information content (AvgIpc) is 2.81. The van der Waals surface area contributed by atoms with Crippen LogP contribution in [0.3, 0.4) is 0 Å². The van der Waals surface area contributed by atoms with Gasteiger partial charge in [0, 0.05) is 15.7 Å². The van der Waals surface area contributed by atoms with Crippen LogP contribution in [0.25, 0.3) is 0 Å². The number of amides is 2. The van der Waals surface area contributed by atoms with Gasteiger partial charge in [0.25, 0.3) is 0 Å². The maximum atomic E-state index is 12.1. The summed E-state index contributed by atoms with van der Waals surface area (Å²) in [5.74, 6) is 0. The molecule has 2 amide bonds. The molecule has 2 aromatic rings. The largest absolute Gasteiger partial charge is 0.331 e. The molecule has 3 nitrogen and oxygen atoms in total. The van der Waals surface area contributed by atoms with E-state index in [0.717, 1.165) is 12.8 Å². The molecule has 0 saturated carbocycles. The molecule has 21 heavy (non-hydrogen) atoms. The number of carbonyl (C=O) groups excluding carboxylic acids is 1. The highest BCUT2D eigenvalue weighted by atomic mass is 35.5. The summed E-state index contributed by atoms with van der Waals surface area (Å²) in [6, 6.07) is 12.9. The molecule has 3 rings (SSSR count). The summed E-state index contributed by atoms with van der Waals surface area (Å²) < 4.78 is 0. The molecule has 2 aromatic carbocycles. The van der Waals surface area contributed by atoms with Crippen molar-refractivity contribution in [2.24, 2.45) is 0 Å². The Balaban J connectivity index is 1.68. The minimum absolute atomic E-state index is 0.0517. The molecule has 0 spiro atoms. The van der Waals surface area contributed by atoms with E-state index in [1.807, 2.05) is 12.1 Å². The number of benzene rings is 2. The quantitative estimate of drug-likeness (QED) is 0.819. The predicted octanol–water partition coefficient (Wildman–Crippen LogP) is 4.80. The third-order valence-electron chi connectivity index (χ3n) is 3.56. The van der Waals surface area contributed by atoms with Crippen LogP contribution in [-0.2, 0) is 6.42 Å².